The summed E-state index contributed by atoms with van der Waals surface area (Å²) in [5.41, 5.74) is -0.816. The second kappa shape index (κ2) is 4.84. The van der Waals surface area contributed by atoms with Gasteiger partial charge in [0.2, 0.25) is 5.91 Å². The van der Waals surface area contributed by atoms with Crippen LogP contribution in [0.15, 0.2) is 12.1 Å². The Balaban J connectivity index is 3.39. The zero-order chi connectivity index (χ0) is 13.2. The van der Waals surface area contributed by atoms with Crippen molar-refractivity contribution in [3.8, 4) is 0 Å². The molecule has 0 aliphatic rings. The molecule has 1 amide bonds. The largest absolute Gasteiger partial charge is 0.478 e. The Hall–Kier alpha value is -2.08. The van der Waals surface area contributed by atoms with E-state index in [2.05, 4.69) is 5.32 Å². The molecule has 6 nitrogen and oxygen atoms in total. The second-order valence-electron chi connectivity index (χ2n) is 3.17. The first kappa shape index (κ1) is 13.0. The smallest absolute Gasteiger partial charge is 0.336 e. The number of carboxylic acids is 2. The van der Waals surface area contributed by atoms with Crippen molar-refractivity contribution in [3.63, 3.8) is 0 Å². The van der Waals surface area contributed by atoms with E-state index in [-0.39, 0.29) is 10.7 Å². The highest BCUT2D eigenvalue weighted by Crippen LogP contribution is 2.26. The number of hydrogen-bond acceptors (Lipinski definition) is 3. The summed E-state index contributed by atoms with van der Waals surface area (Å²) < 4.78 is 0. The zero-order valence-electron chi connectivity index (χ0n) is 8.65. The van der Waals surface area contributed by atoms with Gasteiger partial charge in [0.15, 0.2) is 0 Å². The van der Waals surface area contributed by atoms with Gasteiger partial charge in [0.05, 0.1) is 21.8 Å². The van der Waals surface area contributed by atoms with Gasteiger partial charge >= 0.3 is 11.9 Å². The van der Waals surface area contributed by atoms with E-state index in [9.17, 15) is 14.4 Å². The van der Waals surface area contributed by atoms with Crippen LogP contribution in [0, 0.1) is 0 Å². The highest BCUT2D eigenvalue weighted by Gasteiger charge is 2.19. The lowest BCUT2D eigenvalue weighted by molar-refractivity contribution is -0.114. The third-order valence-corrected chi connectivity index (χ3v) is 2.19. The quantitative estimate of drug-likeness (QED) is 0.764. The molecule has 0 heterocycles. The number of benzene rings is 1. The van der Waals surface area contributed by atoms with Gasteiger partial charge in [-0.25, -0.2) is 9.59 Å². The summed E-state index contributed by atoms with van der Waals surface area (Å²) in [7, 11) is 0. The van der Waals surface area contributed by atoms with Gasteiger partial charge in [-0.2, -0.15) is 0 Å². The van der Waals surface area contributed by atoms with Crippen molar-refractivity contribution < 1.29 is 24.6 Å². The van der Waals surface area contributed by atoms with Gasteiger partial charge in [-0.3, -0.25) is 4.79 Å². The van der Waals surface area contributed by atoms with E-state index in [0.29, 0.717) is 0 Å². The number of carbonyl (C=O) groups is 3. The number of carbonyl (C=O) groups excluding carboxylic acids is 1. The van der Waals surface area contributed by atoms with Crippen LogP contribution in [0.2, 0.25) is 5.02 Å². The van der Waals surface area contributed by atoms with Gasteiger partial charge in [-0.15, -0.1) is 0 Å². The van der Waals surface area contributed by atoms with Crippen molar-refractivity contribution in [3.05, 3.63) is 28.3 Å². The Morgan fingerprint density at radius 2 is 1.59 bits per heavy atom. The van der Waals surface area contributed by atoms with Crippen molar-refractivity contribution in [2.24, 2.45) is 0 Å². The number of carboxylic acid groups (broad SMARTS) is 2. The summed E-state index contributed by atoms with van der Waals surface area (Å²) in [4.78, 5) is 32.5. The lowest BCUT2D eigenvalue weighted by atomic mass is 10.1. The molecule has 0 radical (unpaired) electrons. The van der Waals surface area contributed by atoms with E-state index >= 15 is 0 Å². The van der Waals surface area contributed by atoms with Gasteiger partial charge in [0.1, 0.15) is 0 Å². The van der Waals surface area contributed by atoms with Crippen molar-refractivity contribution in [1.82, 2.24) is 0 Å². The second-order valence-corrected chi connectivity index (χ2v) is 3.58. The maximum absolute atomic E-state index is 10.9. The van der Waals surface area contributed by atoms with Crippen LogP contribution < -0.4 is 5.32 Å². The molecule has 1 aromatic rings. The fraction of sp³-hybridized carbons (Fsp3) is 0.100. The van der Waals surface area contributed by atoms with Crippen LogP contribution in [0.5, 0.6) is 0 Å². The zero-order valence-corrected chi connectivity index (χ0v) is 9.41. The van der Waals surface area contributed by atoms with Gasteiger partial charge < -0.3 is 15.5 Å². The monoisotopic (exact) mass is 257 g/mol. The third kappa shape index (κ3) is 2.94. The van der Waals surface area contributed by atoms with Crippen molar-refractivity contribution >= 4 is 35.1 Å². The van der Waals surface area contributed by atoms with Crippen LogP contribution in [-0.4, -0.2) is 28.1 Å². The Morgan fingerprint density at radius 3 is 2.00 bits per heavy atom. The third-order valence-electron chi connectivity index (χ3n) is 1.88. The van der Waals surface area contributed by atoms with Crippen LogP contribution in [0.25, 0.3) is 0 Å². The number of rotatable bonds is 3. The molecule has 3 N–H and O–H groups in total. The normalized spacial score (nSPS) is 9.76. The molecule has 0 saturated heterocycles. The minimum absolute atomic E-state index is 0.0393. The molecule has 0 aliphatic carbocycles. The van der Waals surface area contributed by atoms with Gasteiger partial charge in [-0.1, -0.05) is 11.6 Å². The predicted molar refractivity (Wildman–Crippen MR) is 59.7 cm³/mol. The molecule has 7 heteroatoms. The van der Waals surface area contributed by atoms with Crippen LogP contribution in [0.1, 0.15) is 27.6 Å². The Labute approximate surface area is 101 Å². The SMILES string of the molecule is CC(=O)Nc1cc(C(=O)O)c(C(=O)O)cc1Cl. The molecule has 0 unspecified atom stereocenters. The molecule has 17 heavy (non-hydrogen) atoms. The first-order chi connectivity index (χ1) is 7.82. The average molecular weight is 258 g/mol. The summed E-state index contributed by atoms with van der Waals surface area (Å²) in [6, 6.07) is 1.99. The highest BCUT2D eigenvalue weighted by atomic mass is 35.5. The molecular formula is C10H8ClNO5. The Bertz CT molecular complexity index is 512. The van der Waals surface area contributed by atoms with Gasteiger partial charge in [0, 0.05) is 6.92 Å². The van der Waals surface area contributed by atoms with E-state index in [1.54, 1.807) is 0 Å². The number of aromatic carboxylic acids is 2. The molecule has 1 rings (SSSR count). The minimum atomic E-state index is -1.41. The van der Waals surface area contributed by atoms with Gasteiger partial charge in [-0.05, 0) is 12.1 Å². The molecule has 0 aromatic heterocycles. The molecule has 0 atom stereocenters. The van der Waals surface area contributed by atoms with Crippen molar-refractivity contribution in [1.29, 1.82) is 0 Å². The van der Waals surface area contributed by atoms with Crippen molar-refractivity contribution in [2.75, 3.05) is 5.32 Å². The topological polar surface area (TPSA) is 104 Å². The van der Waals surface area contributed by atoms with Crippen molar-refractivity contribution in [2.45, 2.75) is 6.92 Å². The predicted octanol–water partition coefficient (Wildman–Crippen LogP) is 1.69. The summed E-state index contributed by atoms with van der Waals surface area (Å²) in [5, 5.41) is 19.9. The maximum Gasteiger partial charge on any atom is 0.336 e. The highest BCUT2D eigenvalue weighted by molar-refractivity contribution is 6.34. The van der Waals surface area contributed by atoms with E-state index in [4.69, 9.17) is 21.8 Å². The Kier molecular flexibility index (Phi) is 3.69. The minimum Gasteiger partial charge on any atom is -0.478 e. The molecule has 0 fully saturated rings. The Morgan fingerprint density at radius 1 is 1.12 bits per heavy atom. The number of hydrogen-bond donors (Lipinski definition) is 3. The van der Waals surface area contributed by atoms with Crippen LogP contribution in [-0.2, 0) is 4.79 Å². The molecule has 1 aromatic carbocycles. The van der Waals surface area contributed by atoms with E-state index in [1.165, 1.54) is 6.92 Å². The number of halogens is 1. The van der Waals surface area contributed by atoms with Crippen LogP contribution >= 0.6 is 11.6 Å². The molecular weight excluding hydrogens is 250 g/mol. The molecule has 0 aliphatic heterocycles. The lowest BCUT2D eigenvalue weighted by Gasteiger charge is -2.08. The van der Waals surface area contributed by atoms with E-state index in [1.807, 2.05) is 0 Å². The number of amides is 1. The van der Waals surface area contributed by atoms with E-state index < -0.39 is 29.0 Å². The summed E-state index contributed by atoms with van der Waals surface area (Å²) >= 11 is 5.72. The number of anilines is 1. The average Bonchev–Trinajstić information content (AvgIpc) is 2.19. The fourth-order valence-electron chi connectivity index (χ4n) is 1.21. The van der Waals surface area contributed by atoms with E-state index in [0.717, 1.165) is 12.1 Å². The van der Waals surface area contributed by atoms with Crippen LogP contribution in [0.4, 0.5) is 5.69 Å². The molecule has 0 saturated carbocycles. The molecule has 0 bridgehead atoms. The summed E-state index contributed by atoms with van der Waals surface area (Å²) in [5.74, 6) is -3.25. The summed E-state index contributed by atoms with van der Waals surface area (Å²) in [6.07, 6.45) is 0. The molecule has 0 spiro atoms. The summed E-state index contributed by atoms with van der Waals surface area (Å²) in [6.45, 7) is 1.22. The lowest BCUT2D eigenvalue weighted by Crippen LogP contribution is -2.12. The van der Waals surface area contributed by atoms with Crippen LogP contribution in [0.3, 0.4) is 0 Å². The number of nitrogens with one attached hydrogen (secondary N) is 1. The maximum atomic E-state index is 10.9. The van der Waals surface area contributed by atoms with Gasteiger partial charge in [0.25, 0.3) is 0 Å². The first-order valence-electron chi connectivity index (χ1n) is 4.40. The molecule has 90 valence electrons. The standard InChI is InChI=1S/C10H8ClNO5/c1-4(13)12-8-3-6(10(16)17)5(9(14)15)2-7(8)11/h2-3H,1H3,(H,12,13)(H,14,15)(H,16,17). The first-order valence-corrected chi connectivity index (χ1v) is 4.78. The fourth-order valence-corrected chi connectivity index (χ4v) is 1.42.